The SMILES string of the molecule is [C-]#[N+]c1ncnc(SC)c1N. The molecule has 0 unspecified atom stereocenters. The third kappa shape index (κ3) is 1.41. The Hall–Kier alpha value is -1.28. The molecule has 2 N–H and O–H groups in total. The zero-order valence-corrected chi connectivity index (χ0v) is 6.72. The highest BCUT2D eigenvalue weighted by atomic mass is 32.2. The van der Waals surface area contributed by atoms with Gasteiger partial charge < -0.3 is 10.6 Å². The molecule has 1 rings (SSSR count). The van der Waals surface area contributed by atoms with Crippen molar-refractivity contribution < 1.29 is 0 Å². The summed E-state index contributed by atoms with van der Waals surface area (Å²) in [6.45, 7) is 6.70. The second-order valence-corrected chi connectivity index (χ2v) is 2.53. The molecular formula is C6H6N4S. The molecule has 0 fully saturated rings. The average molecular weight is 166 g/mol. The Morgan fingerprint density at radius 3 is 2.91 bits per heavy atom. The monoisotopic (exact) mass is 166 g/mol. The zero-order chi connectivity index (χ0) is 8.27. The molecule has 0 bridgehead atoms. The molecule has 1 heterocycles. The van der Waals surface area contributed by atoms with Crippen LogP contribution in [0.2, 0.25) is 0 Å². The summed E-state index contributed by atoms with van der Waals surface area (Å²) in [6.07, 6.45) is 3.20. The van der Waals surface area contributed by atoms with E-state index in [9.17, 15) is 0 Å². The van der Waals surface area contributed by atoms with Gasteiger partial charge in [0, 0.05) is 0 Å². The van der Waals surface area contributed by atoms with Crippen LogP contribution < -0.4 is 5.73 Å². The van der Waals surface area contributed by atoms with Crippen molar-refractivity contribution >= 4 is 23.3 Å². The number of hydrogen-bond acceptors (Lipinski definition) is 4. The molecule has 0 aromatic carbocycles. The lowest BCUT2D eigenvalue weighted by Gasteiger charge is -1.99. The second kappa shape index (κ2) is 3.21. The predicted octanol–water partition coefficient (Wildman–Crippen LogP) is 1.33. The van der Waals surface area contributed by atoms with Crippen LogP contribution in [0.25, 0.3) is 4.85 Å². The normalized spacial score (nSPS) is 9.09. The predicted molar refractivity (Wildman–Crippen MR) is 44.5 cm³/mol. The van der Waals surface area contributed by atoms with E-state index in [1.807, 2.05) is 6.26 Å². The van der Waals surface area contributed by atoms with Crippen molar-refractivity contribution in [1.29, 1.82) is 0 Å². The number of thioether (sulfide) groups is 1. The Bertz CT molecular complexity index is 304. The first-order valence-corrected chi connectivity index (χ1v) is 4.04. The summed E-state index contributed by atoms with van der Waals surface area (Å²) in [4.78, 5) is 10.7. The summed E-state index contributed by atoms with van der Waals surface area (Å²) in [5, 5.41) is 0.658. The topological polar surface area (TPSA) is 56.2 Å². The van der Waals surface area contributed by atoms with Gasteiger partial charge in [0.15, 0.2) is 0 Å². The molecule has 56 valence electrons. The van der Waals surface area contributed by atoms with Crippen molar-refractivity contribution in [3.63, 3.8) is 0 Å². The second-order valence-electron chi connectivity index (χ2n) is 1.73. The van der Waals surface area contributed by atoms with Gasteiger partial charge in [0.25, 0.3) is 5.82 Å². The third-order valence-corrected chi connectivity index (χ3v) is 1.84. The van der Waals surface area contributed by atoms with E-state index < -0.39 is 0 Å². The Morgan fingerprint density at radius 1 is 1.64 bits per heavy atom. The number of rotatable bonds is 1. The number of nitrogen functional groups attached to an aromatic ring is 1. The Kier molecular flexibility index (Phi) is 2.28. The first-order chi connectivity index (χ1) is 5.29. The molecule has 0 saturated carbocycles. The van der Waals surface area contributed by atoms with Crippen molar-refractivity contribution in [3.05, 3.63) is 17.7 Å². The van der Waals surface area contributed by atoms with E-state index in [0.717, 1.165) is 0 Å². The van der Waals surface area contributed by atoms with Crippen LogP contribution in [0.15, 0.2) is 11.4 Å². The minimum Gasteiger partial charge on any atom is -0.404 e. The van der Waals surface area contributed by atoms with Gasteiger partial charge >= 0.3 is 0 Å². The summed E-state index contributed by atoms with van der Waals surface area (Å²) >= 11 is 1.41. The number of nitrogens with zero attached hydrogens (tertiary/aromatic N) is 3. The molecule has 0 aliphatic rings. The maximum Gasteiger partial charge on any atom is 0.296 e. The molecule has 11 heavy (non-hydrogen) atoms. The number of nitrogens with two attached hydrogens (primary N) is 1. The van der Waals surface area contributed by atoms with Crippen LogP contribution in [0.1, 0.15) is 0 Å². The molecule has 0 aliphatic carbocycles. The van der Waals surface area contributed by atoms with E-state index in [2.05, 4.69) is 14.8 Å². The number of anilines is 1. The fourth-order valence-electron chi connectivity index (χ4n) is 0.622. The molecule has 5 heteroatoms. The Balaban J connectivity index is 3.23. The van der Waals surface area contributed by atoms with Gasteiger partial charge in [0.2, 0.25) is 6.33 Å². The van der Waals surface area contributed by atoms with Crippen LogP contribution in [0, 0.1) is 6.57 Å². The highest BCUT2D eigenvalue weighted by molar-refractivity contribution is 7.98. The van der Waals surface area contributed by atoms with E-state index in [1.165, 1.54) is 18.1 Å². The van der Waals surface area contributed by atoms with Crippen LogP contribution >= 0.6 is 11.8 Å². The van der Waals surface area contributed by atoms with Crippen molar-refractivity contribution in [2.75, 3.05) is 12.0 Å². The van der Waals surface area contributed by atoms with Crippen LogP contribution in [0.3, 0.4) is 0 Å². The van der Waals surface area contributed by atoms with E-state index in [4.69, 9.17) is 12.3 Å². The van der Waals surface area contributed by atoms with Gasteiger partial charge in [-0.15, -0.1) is 16.7 Å². The van der Waals surface area contributed by atoms with Gasteiger partial charge in [-0.2, -0.15) is 0 Å². The third-order valence-electron chi connectivity index (χ3n) is 1.13. The van der Waals surface area contributed by atoms with Gasteiger partial charge in [-0.3, -0.25) is 0 Å². The van der Waals surface area contributed by atoms with Gasteiger partial charge in [-0.05, 0) is 6.26 Å². The quantitative estimate of drug-likeness (QED) is 0.388. The standard InChI is InChI=1S/C6H6N4S/c1-8-5-4(7)6(11-2)10-3-9-5/h3H,7H2,2H3. The fourth-order valence-corrected chi connectivity index (χ4v) is 1.09. The van der Waals surface area contributed by atoms with Gasteiger partial charge in [0.05, 0.1) is 5.69 Å². The molecule has 0 amide bonds. The minimum atomic E-state index is 0.226. The Labute approximate surface area is 68.7 Å². The molecule has 4 nitrogen and oxygen atoms in total. The lowest BCUT2D eigenvalue weighted by atomic mass is 10.5. The van der Waals surface area contributed by atoms with Gasteiger partial charge in [-0.1, -0.05) is 6.57 Å². The van der Waals surface area contributed by atoms with Crippen molar-refractivity contribution in [3.8, 4) is 0 Å². The van der Waals surface area contributed by atoms with Crippen molar-refractivity contribution in [2.24, 2.45) is 0 Å². The first kappa shape index (κ1) is 7.82. The van der Waals surface area contributed by atoms with Crippen LogP contribution in [0.5, 0.6) is 0 Å². The molecule has 1 aromatic heterocycles. The summed E-state index contributed by atoms with van der Waals surface area (Å²) in [5.41, 5.74) is 5.92. The highest BCUT2D eigenvalue weighted by Gasteiger charge is 2.05. The van der Waals surface area contributed by atoms with Crippen molar-refractivity contribution in [1.82, 2.24) is 9.97 Å². The molecule has 0 atom stereocenters. The van der Waals surface area contributed by atoms with Crippen LogP contribution in [0.4, 0.5) is 11.5 Å². The van der Waals surface area contributed by atoms with Crippen molar-refractivity contribution in [2.45, 2.75) is 5.03 Å². The molecule has 0 aliphatic heterocycles. The van der Waals surface area contributed by atoms with E-state index >= 15 is 0 Å². The fraction of sp³-hybridized carbons (Fsp3) is 0.167. The maximum atomic E-state index is 6.70. The highest BCUT2D eigenvalue weighted by Crippen LogP contribution is 2.26. The summed E-state index contributed by atoms with van der Waals surface area (Å²) < 4.78 is 0. The van der Waals surface area contributed by atoms with Gasteiger partial charge in [-0.25, -0.2) is 4.98 Å². The smallest absolute Gasteiger partial charge is 0.296 e. The lowest BCUT2D eigenvalue weighted by Crippen LogP contribution is -1.92. The zero-order valence-electron chi connectivity index (χ0n) is 5.90. The number of aromatic nitrogens is 2. The van der Waals surface area contributed by atoms with Crippen LogP contribution in [-0.2, 0) is 0 Å². The van der Waals surface area contributed by atoms with E-state index in [1.54, 1.807) is 0 Å². The molecule has 0 spiro atoms. The first-order valence-electron chi connectivity index (χ1n) is 2.81. The van der Waals surface area contributed by atoms with Crippen LogP contribution in [-0.4, -0.2) is 16.2 Å². The number of hydrogen-bond donors (Lipinski definition) is 1. The summed E-state index contributed by atoms with van der Waals surface area (Å²) in [5.74, 6) is 0.226. The molecule has 0 radical (unpaired) electrons. The maximum absolute atomic E-state index is 6.70. The Morgan fingerprint density at radius 2 is 2.36 bits per heavy atom. The van der Waals surface area contributed by atoms with Gasteiger partial charge in [0.1, 0.15) is 5.03 Å². The molecule has 1 aromatic rings. The summed E-state index contributed by atoms with van der Waals surface area (Å²) in [7, 11) is 0. The summed E-state index contributed by atoms with van der Waals surface area (Å²) in [6, 6.07) is 0. The molecular weight excluding hydrogens is 160 g/mol. The average Bonchev–Trinajstić information content (AvgIpc) is 2.05. The van der Waals surface area contributed by atoms with E-state index in [-0.39, 0.29) is 5.82 Å². The van der Waals surface area contributed by atoms with E-state index in [0.29, 0.717) is 10.7 Å². The largest absolute Gasteiger partial charge is 0.404 e. The lowest BCUT2D eigenvalue weighted by molar-refractivity contribution is 1.07. The molecule has 0 saturated heterocycles. The minimum absolute atomic E-state index is 0.226.